The highest BCUT2D eigenvalue weighted by atomic mass is 16.5. The fourth-order valence-corrected chi connectivity index (χ4v) is 2.01. The minimum atomic E-state index is 0.235. The monoisotopic (exact) mass is 187 g/mol. The molecule has 0 spiro atoms. The zero-order chi connectivity index (χ0) is 9.68. The Hall–Kier alpha value is -0.120. The predicted molar refractivity (Wildman–Crippen MR) is 52.5 cm³/mol. The molecule has 0 bridgehead atoms. The van der Waals surface area contributed by atoms with E-state index in [1.54, 1.807) is 0 Å². The molecule has 0 aromatic heterocycles. The Morgan fingerprint density at radius 3 is 3.00 bits per heavy atom. The maximum atomic E-state index is 8.86. The highest BCUT2D eigenvalue weighted by molar-refractivity contribution is 4.74. The first-order valence-corrected chi connectivity index (χ1v) is 5.26. The number of nitrogens with zero attached hydrogens (tertiary/aromatic N) is 1. The lowest BCUT2D eigenvalue weighted by Crippen LogP contribution is -2.37. The molecule has 1 fully saturated rings. The second-order valence-corrected chi connectivity index (χ2v) is 3.79. The average molecular weight is 187 g/mol. The van der Waals surface area contributed by atoms with E-state index in [0.29, 0.717) is 5.92 Å². The van der Waals surface area contributed by atoms with E-state index in [4.69, 9.17) is 9.84 Å². The minimum Gasteiger partial charge on any atom is -0.395 e. The maximum Gasteiger partial charge on any atom is 0.113 e. The molecule has 0 aromatic rings. The fraction of sp³-hybridized carbons (Fsp3) is 1.00. The normalized spacial score (nSPS) is 26.5. The number of hydrogen-bond acceptors (Lipinski definition) is 3. The van der Waals surface area contributed by atoms with Crippen molar-refractivity contribution in [3.05, 3.63) is 0 Å². The van der Waals surface area contributed by atoms with Crippen molar-refractivity contribution < 1.29 is 9.84 Å². The molecule has 3 nitrogen and oxygen atoms in total. The Bertz CT molecular complexity index is 141. The second-order valence-electron chi connectivity index (χ2n) is 3.79. The van der Waals surface area contributed by atoms with Gasteiger partial charge < -0.3 is 9.84 Å². The van der Waals surface area contributed by atoms with Gasteiger partial charge in [0.05, 0.1) is 13.2 Å². The van der Waals surface area contributed by atoms with E-state index >= 15 is 0 Å². The lowest BCUT2D eigenvalue weighted by molar-refractivity contribution is -0.0153. The van der Waals surface area contributed by atoms with Gasteiger partial charge in [-0.15, -0.1) is 0 Å². The summed E-state index contributed by atoms with van der Waals surface area (Å²) >= 11 is 0. The van der Waals surface area contributed by atoms with Crippen LogP contribution in [0.2, 0.25) is 0 Å². The third kappa shape index (κ3) is 2.93. The molecule has 0 saturated carbocycles. The Morgan fingerprint density at radius 1 is 1.62 bits per heavy atom. The van der Waals surface area contributed by atoms with Gasteiger partial charge in [-0.2, -0.15) is 0 Å². The summed E-state index contributed by atoms with van der Waals surface area (Å²) in [6, 6.07) is 0. The number of hydrogen-bond donors (Lipinski definition) is 1. The smallest absolute Gasteiger partial charge is 0.113 e. The molecule has 1 rings (SSSR count). The van der Waals surface area contributed by atoms with Crippen molar-refractivity contribution >= 4 is 0 Å². The third-order valence-corrected chi connectivity index (χ3v) is 2.65. The van der Waals surface area contributed by atoms with E-state index in [1.807, 2.05) is 0 Å². The van der Waals surface area contributed by atoms with E-state index in [0.717, 1.165) is 19.7 Å². The van der Waals surface area contributed by atoms with Crippen molar-refractivity contribution in [2.45, 2.75) is 32.9 Å². The molecule has 2 atom stereocenters. The molecule has 1 aliphatic rings. The topological polar surface area (TPSA) is 32.7 Å². The minimum absolute atomic E-state index is 0.235. The van der Waals surface area contributed by atoms with Gasteiger partial charge >= 0.3 is 0 Å². The van der Waals surface area contributed by atoms with Crippen molar-refractivity contribution in [3.63, 3.8) is 0 Å². The number of β-amino-alcohol motifs (C(OH)–C–C–N with tert-alkyl or cyclic N) is 1. The van der Waals surface area contributed by atoms with Gasteiger partial charge in [0.25, 0.3) is 0 Å². The van der Waals surface area contributed by atoms with Gasteiger partial charge in [-0.3, -0.25) is 4.90 Å². The number of rotatable bonds is 5. The van der Waals surface area contributed by atoms with Gasteiger partial charge in [0, 0.05) is 13.1 Å². The van der Waals surface area contributed by atoms with Crippen LogP contribution in [0.1, 0.15) is 26.7 Å². The van der Waals surface area contributed by atoms with Crippen molar-refractivity contribution in [1.29, 1.82) is 0 Å². The van der Waals surface area contributed by atoms with Gasteiger partial charge in [-0.1, -0.05) is 20.3 Å². The third-order valence-electron chi connectivity index (χ3n) is 2.65. The van der Waals surface area contributed by atoms with Crippen molar-refractivity contribution in [3.8, 4) is 0 Å². The molecule has 0 amide bonds. The van der Waals surface area contributed by atoms with Crippen molar-refractivity contribution in [1.82, 2.24) is 4.90 Å². The quantitative estimate of drug-likeness (QED) is 0.699. The lowest BCUT2D eigenvalue weighted by Gasteiger charge is -2.27. The number of aliphatic hydroxyl groups is 1. The SMILES string of the molecule is CCCC(C)C1OCCN1CCO. The molecule has 0 aliphatic carbocycles. The van der Waals surface area contributed by atoms with Crippen LogP contribution in [0.15, 0.2) is 0 Å². The standard InChI is InChI=1S/C10H21NO2/c1-3-4-9(2)10-11(5-7-12)6-8-13-10/h9-10,12H,3-8H2,1-2H3. The van der Waals surface area contributed by atoms with Gasteiger partial charge in [-0.25, -0.2) is 0 Å². The van der Waals surface area contributed by atoms with Crippen molar-refractivity contribution in [2.75, 3.05) is 26.3 Å². The molecule has 3 heteroatoms. The summed E-state index contributed by atoms with van der Waals surface area (Å²) in [6.07, 6.45) is 2.65. The molecule has 78 valence electrons. The summed E-state index contributed by atoms with van der Waals surface area (Å²) in [7, 11) is 0. The molecule has 13 heavy (non-hydrogen) atoms. The van der Waals surface area contributed by atoms with Crippen LogP contribution in [-0.4, -0.2) is 42.5 Å². The van der Waals surface area contributed by atoms with E-state index in [1.165, 1.54) is 12.8 Å². The maximum absolute atomic E-state index is 8.86. The molecule has 2 unspecified atom stereocenters. The lowest BCUT2D eigenvalue weighted by atomic mass is 10.0. The summed E-state index contributed by atoms with van der Waals surface area (Å²) in [5.74, 6) is 0.582. The van der Waals surface area contributed by atoms with Crippen LogP contribution in [0, 0.1) is 5.92 Å². The molecular weight excluding hydrogens is 166 g/mol. The summed E-state index contributed by atoms with van der Waals surface area (Å²) < 4.78 is 5.65. The summed E-state index contributed by atoms with van der Waals surface area (Å²) in [5.41, 5.74) is 0. The first kappa shape index (κ1) is 11.0. The Kier molecular flexibility index (Phi) is 4.70. The number of ether oxygens (including phenoxy) is 1. The van der Waals surface area contributed by atoms with Crippen LogP contribution in [0.3, 0.4) is 0 Å². The highest BCUT2D eigenvalue weighted by Crippen LogP contribution is 2.21. The van der Waals surface area contributed by atoms with Crippen LogP contribution in [-0.2, 0) is 4.74 Å². The van der Waals surface area contributed by atoms with Gasteiger partial charge in [0.1, 0.15) is 6.23 Å². The molecule has 1 saturated heterocycles. The second kappa shape index (κ2) is 5.58. The molecule has 1 aliphatic heterocycles. The first-order chi connectivity index (χ1) is 6.29. The van der Waals surface area contributed by atoms with Gasteiger partial charge in [0.15, 0.2) is 0 Å². The van der Waals surface area contributed by atoms with Gasteiger partial charge in [0.2, 0.25) is 0 Å². The Balaban J connectivity index is 2.37. The van der Waals surface area contributed by atoms with Crippen LogP contribution < -0.4 is 0 Å². The molecular formula is C10H21NO2. The van der Waals surface area contributed by atoms with Crippen molar-refractivity contribution in [2.24, 2.45) is 5.92 Å². The van der Waals surface area contributed by atoms with E-state index in [9.17, 15) is 0 Å². The molecule has 0 aromatic carbocycles. The zero-order valence-electron chi connectivity index (χ0n) is 8.70. The molecule has 1 heterocycles. The van der Waals surface area contributed by atoms with Crippen LogP contribution >= 0.6 is 0 Å². The highest BCUT2D eigenvalue weighted by Gasteiger charge is 2.28. The van der Waals surface area contributed by atoms with Crippen LogP contribution in [0.4, 0.5) is 0 Å². The van der Waals surface area contributed by atoms with E-state index in [-0.39, 0.29) is 12.8 Å². The van der Waals surface area contributed by atoms with Gasteiger partial charge in [-0.05, 0) is 12.3 Å². The summed E-state index contributed by atoms with van der Waals surface area (Å²) in [5, 5.41) is 8.86. The number of aliphatic hydroxyl groups excluding tert-OH is 1. The summed E-state index contributed by atoms with van der Waals surface area (Å²) in [6.45, 7) is 7.20. The average Bonchev–Trinajstić information content (AvgIpc) is 2.54. The summed E-state index contributed by atoms with van der Waals surface area (Å²) in [4.78, 5) is 2.24. The fourth-order valence-electron chi connectivity index (χ4n) is 2.01. The zero-order valence-corrected chi connectivity index (χ0v) is 8.70. The molecule has 0 radical (unpaired) electrons. The van der Waals surface area contributed by atoms with E-state index < -0.39 is 0 Å². The first-order valence-electron chi connectivity index (χ1n) is 5.26. The largest absolute Gasteiger partial charge is 0.395 e. The Morgan fingerprint density at radius 2 is 2.38 bits per heavy atom. The van der Waals surface area contributed by atoms with E-state index in [2.05, 4.69) is 18.7 Å². The molecule has 1 N–H and O–H groups in total. The van der Waals surface area contributed by atoms with Crippen LogP contribution in [0.5, 0.6) is 0 Å². The Labute approximate surface area is 80.7 Å². The van der Waals surface area contributed by atoms with Crippen LogP contribution in [0.25, 0.3) is 0 Å². The predicted octanol–water partition coefficient (Wildman–Crippen LogP) is 1.07.